The largest absolute Gasteiger partial charge is 0.480 e. The molecule has 0 bridgehead atoms. The maximum atomic E-state index is 11.3. The molecule has 94 valence electrons. The molecule has 0 spiro atoms. The summed E-state index contributed by atoms with van der Waals surface area (Å²) in [5.41, 5.74) is 5.56. The topological polar surface area (TPSA) is 83.6 Å². The Bertz CT molecular complexity index is 267. The first-order valence-corrected chi connectivity index (χ1v) is 5.99. The summed E-state index contributed by atoms with van der Waals surface area (Å²) in [6.45, 7) is 3.55. The summed E-state index contributed by atoms with van der Waals surface area (Å²) >= 11 is 1.41. The molecule has 1 amide bonds. The highest BCUT2D eigenvalue weighted by atomic mass is 32.2. The first-order chi connectivity index (χ1) is 7.18. The summed E-state index contributed by atoms with van der Waals surface area (Å²) in [6.07, 6.45) is 0.396. The van der Waals surface area contributed by atoms with Gasteiger partial charge in [0.15, 0.2) is 0 Å². The van der Waals surface area contributed by atoms with Crippen LogP contribution in [0.1, 0.15) is 20.3 Å². The normalized spacial score (nSPS) is 13.3. The van der Waals surface area contributed by atoms with Gasteiger partial charge in [0.1, 0.15) is 6.04 Å². The average molecular weight is 248 g/mol. The van der Waals surface area contributed by atoms with Crippen LogP contribution >= 0.6 is 11.8 Å². The molecule has 1 atom stereocenters. The van der Waals surface area contributed by atoms with Crippen LogP contribution in [0.4, 0.5) is 0 Å². The molecule has 0 rings (SSSR count). The molecule has 5 nitrogen and oxygen atoms in total. The summed E-state index contributed by atoms with van der Waals surface area (Å²) in [5.74, 6) is -0.408. The Kier molecular flexibility index (Phi) is 5.81. The van der Waals surface area contributed by atoms with Crippen LogP contribution in [0.5, 0.6) is 0 Å². The molecule has 6 heteroatoms. The maximum absolute atomic E-state index is 11.3. The van der Waals surface area contributed by atoms with Gasteiger partial charge >= 0.3 is 5.97 Å². The summed E-state index contributed by atoms with van der Waals surface area (Å²) in [6, 6.07) is -0.924. The van der Waals surface area contributed by atoms with Crippen molar-refractivity contribution in [1.82, 2.24) is 4.90 Å². The van der Waals surface area contributed by atoms with Gasteiger partial charge in [-0.2, -0.15) is 11.8 Å². The van der Waals surface area contributed by atoms with Crippen LogP contribution in [0.25, 0.3) is 0 Å². The molecule has 0 aromatic carbocycles. The van der Waals surface area contributed by atoms with Crippen LogP contribution in [0, 0.1) is 0 Å². The number of rotatable bonds is 6. The molecule has 0 aliphatic carbocycles. The minimum absolute atomic E-state index is 0.0344. The minimum Gasteiger partial charge on any atom is -0.480 e. The fourth-order valence-corrected chi connectivity index (χ4v) is 2.10. The zero-order chi connectivity index (χ0) is 12.9. The second-order valence-corrected chi connectivity index (χ2v) is 6.06. The van der Waals surface area contributed by atoms with E-state index in [9.17, 15) is 9.59 Å². The van der Waals surface area contributed by atoms with Crippen molar-refractivity contribution in [1.29, 1.82) is 0 Å². The second kappa shape index (κ2) is 6.10. The van der Waals surface area contributed by atoms with E-state index in [4.69, 9.17) is 10.8 Å². The van der Waals surface area contributed by atoms with Gasteiger partial charge in [-0.15, -0.1) is 0 Å². The molecule has 0 unspecified atom stereocenters. The maximum Gasteiger partial charge on any atom is 0.321 e. The molecule has 0 saturated heterocycles. The van der Waals surface area contributed by atoms with E-state index in [0.29, 0.717) is 12.2 Å². The van der Waals surface area contributed by atoms with E-state index in [1.165, 1.54) is 16.7 Å². The van der Waals surface area contributed by atoms with Crippen LogP contribution in [-0.4, -0.2) is 52.5 Å². The third kappa shape index (κ3) is 4.85. The first-order valence-electron chi connectivity index (χ1n) is 5.01. The van der Waals surface area contributed by atoms with E-state index >= 15 is 0 Å². The molecule has 16 heavy (non-hydrogen) atoms. The lowest BCUT2D eigenvalue weighted by Crippen LogP contribution is -2.47. The Morgan fingerprint density at radius 2 is 1.94 bits per heavy atom. The summed E-state index contributed by atoms with van der Waals surface area (Å²) < 4.78 is -0.571. The number of aliphatic carboxylic acids is 1. The van der Waals surface area contributed by atoms with E-state index in [1.807, 2.05) is 0 Å². The van der Waals surface area contributed by atoms with Crippen LogP contribution < -0.4 is 5.73 Å². The number of carboxylic acids is 1. The standard InChI is InChI=1S/C10H20N2O3S/c1-10(2,8(11)9(14)15)16-6-5-7(13)12(3)4/h8H,5-6,11H2,1-4H3,(H,14,15)/t8-/m1/s1. The zero-order valence-electron chi connectivity index (χ0n) is 10.2. The van der Waals surface area contributed by atoms with E-state index in [1.54, 1.807) is 27.9 Å². The SMILES string of the molecule is CN(C)C(=O)CCSC(C)(C)[C@H](N)C(=O)O. The summed E-state index contributed by atoms with van der Waals surface area (Å²) in [4.78, 5) is 23.6. The smallest absolute Gasteiger partial charge is 0.321 e. The van der Waals surface area contributed by atoms with E-state index < -0.39 is 16.8 Å². The number of thioether (sulfide) groups is 1. The fraction of sp³-hybridized carbons (Fsp3) is 0.800. The van der Waals surface area contributed by atoms with Crippen LogP contribution in [0.15, 0.2) is 0 Å². The molecule has 0 aromatic rings. The first kappa shape index (κ1) is 15.2. The number of nitrogens with two attached hydrogens (primary N) is 1. The van der Waals surface area contributed by atoms with E-state index in [-0.39, 0.29) is 5.91 Å². The van der Waals surface area contributed by atoms with Gasteiger partial charge in [0.2, 0.25) is 5.91 Å². The van der Waals surface area contributed by atoms with Crippen molar-refractivity contribution < 1.29 is 14.7 Å². The van der Waals surface area contributed by atoms with E-state index in [0.717, 1.165) is 0 Å². The van der Waals surface area contributed by atoms with Crippen molar-refractivity contribution in [3.8, 4) is 0 Å². The zero-order valence-corrected chi connectivity index (χ0v) is 11.0. The lowest BCUT2D eigenvalue weighted by molar-refractivity contribution is -0.139. The second-order valence-electron chi connectivity index (χ2n) is 4.31. The lowest BCUT2D eigenvalue weighted by atomic mass is 10.1. The number of carbonyl (C=O) groups excluding carboxylic acids is 1. The predicted octanol–water partition coefficient (Wildman–Crippen LogP) is 0.388. The Labute approximate surface area is 100 Å². The average Bonchev–Trinajstić information content (AvgIpc) is 2.15. The molecule has 0 aliphatic heterocycles. The van der Waals surface area contributed by atoms with E-state index in [2.05, 4.69) is 0 Å². The molecular formula is C10H20N2O3S. The lowest BCUT2D eigenvalue weighted by Gasteiger charge is -2.28. The number of carbonyl (C=O) groups is 2. The Morgan fingerprint density at radius 3 is 2.31 bits per heavy atom. The van der Waals surface area contributed by atoms with Gasteiger partial charge in [0, 0.05) is 31.0 Å². The van der Waals surface area contributed by atoms with Gasteiger partial charge in [-0.25, -0.2) is 0 Å². The van der Waals surface area contributed by atoms with Crippen LogP contribution in [0.2, 0.25) is 0 Å². The number of nitrogens with zero attached hydrogens (tertiary/aromatic N) is 1. The quantitative estimate of drug-likeness (QED) is 0.710. The number of amides is 1. The van der Waals surface area contributed by atoms with Gasteiger partial charge < -0.3 is 15.7 Å². The highest BCUT2D eigenvalue weighted by Crippen LogP contribution is 2.28. The molecule has 0 aromatic heterocycles. The number of hydrogen-bond donors (Lipinski definition) is 2. The van der Waals surface area contributed by atoms with Gasteiger partial charge in [-0.3, -0.25) is 9.59 Å². The highest BCUT2D eigenvalue weighted by molar-refractivity contribution is 8.00. The third-order valence-corrected chi connectivity index (χ3v) is 3.71. The van der Waals surface area contributed by atoms with Gasteiger partial charge in [0.05, 0.1) is 0 Å². The molecule has 0 saturated carbocycles. The molecular weight excluding hydrogens is 228 g/mol. The Hall–Kier alpha value is -0.750. The molecule has 0 heterocycles. The fourth-order valence-electron chi connectivity index (χ4n) is 1.01. The summed E-state index contributed by atoms with van der Waals surface area (Å²) in [5, 5.41) is 8.80. The molecule has 0 radical (unpaired) electrons. The van der Waals surface area contributed by atoms with Crippen molar-refractivity contribution in [2.24, 2.45) is 5.73 Å². The molecule has 3 N–H and O–H groups in total. The minimum atomic E-state index is -1.02. The summed E-state index contributed by atoms with van der Waals surface area (Å²) in [7, 11) is 3.39. The molecule has 0 aliphatic rings. The Morgan fingerprint density at radius 1 is 1.44 bits per heavy atom. The van der Waals surface area contributed by atoms with Gasteiger partial charge in [0.25, 0.3) is 0 Å². The van der Waals surface area contributed by atoms with Crippen LogP contribution in [0.3, 0.4) is 0 Å². The third-order valence-electron chi connectivity index (χ3n) is 2.30. The number of carboxylic acid groups (broad SMARTS) is 1. The van der Waals surface area contributed by atoms with Crippen LogP contribution in [-0.2, 0) is 9.59 Å². The van der Waals surface area contributed by atoms with Crippen molar-refractivity contribution in [3.63, 3.8) is 0 Å². The van der Waals surface area contributed by atoms with Crippen molar-refractivity contribution >= 4 is 23.6 Å². The van der Waals surface area contributed by atoms with Crippen molar-refractivity contribution in [2.75, 3.05) is 19.8 Å². The van der Waals surface area contributed by atoms with Crippen molar-refractivity contribution in [3.05, 3.63) is 0 Å². The highest BCUT2D eigenvalue weighted by Gasteiger charge is 2.32. The monoisotopic (exact) mass is 248 g/mol. The van der Waals surface area contributed by atoms with Gasteiger partial charge in [-0.1, -0.05) is 0 Å². The predicted molar refractivity (Wildman–Crippen MR) is 65.5 cm³/mol. The number of hydrogen-bond acceptors (Lipinski definition) is 4. The van der Waals surface area contributed by atoms with Crippen molar-refractivity contribution in [2.45, 2.75) is 31.1 Å². The molecule has 0 fully saturated rings. The van der Waals surface area contributed by atoms with Gasteiger partial charge in [-0.05, 0) is 13.8 Å². The Balaban J connectivity index is 4.10.